The summed E-state index contributed by atoms with van der Waals surface area (Å²) < 4.78 is 5.28. The van der Waals surface area contributed by atoms with Crippen LogP contribution in [0.25, 0.3) is 0 Å². The van der Waals surface area contributed by atoms with Crippen molar-refractivity contribution in [1.29, 1.82) is 0 Å². The molecular formula is C13H13ClN4O2. The molecule has 0 fully saturated rings. The van der Waals surface area contributed by atoms with Crippen LogP contribution in [0.2, 0.25) is 5.15 Å². The number of nitrogen functional groups attached to an aromatic ring is 1. The van der Waals surface area contributed by atoms with Crippen molar-refractivity contribution in [2.45, 2.75) is 0 Å². The standard InChI is InChI=1S/C13H13ClN4O2/c1-18(9-5-3-4-6-10(9)20-2)12-8(7-19)11(14)16-13(15)17-12/h3-7H,1-2H3,(H2,15,16,17). The maximum absolute atomic E-state index is 11.2. The highest BCUT2D eigenvalue weighted by Crippen LogP contribution is 2.34. The highest BCUT2D eigenvalue weighted by atomic mass is 35.5. The molecule has 6 nitrogen and oxygen atoms in total. The average Bonchev–Trinajstić information content (AvgIpc) is 2.45. The Morgan fingerprint density at radius 2 is 2.05 bits per heavy atom. The Morgan fingerprint density at radius 1 is 1.35 bits per heavy atom. The molecule has 2 N–H and O–H groups in total. The van der Waals surface area contributed by atoms with Crippen LogP contribution in [0.1, 0.15) is 10.4 Å². The second-order valence-electron chi connectivity index (χ2n) is 3.96. The highest BCUT2D eigenvalue weighted by Gasteiger charge is 2.18. The van der Waals surface area contributed by atoms with Crippen LogP contribution in [0, 0.1) is 0 Å². The van der Waals surface area contributed by atoms with E-state index in [1.54, 1.807) is 25.1 Å². The van der Waals surface area contributed by atoms with Crippen molar-refractivity contribution in [1.82, 2.24) is 9.97 Å². The van der Waals surface area contributed by atoms with Crippen molar-refractivity contribution in [2.24, 2.45) is 0 Å². The molecule has 0 spiro atoms. The molecule has 7 heteroatoms. The van der Waals surface area contributed by atoms with Crippen molar-refractivity contribution < 1.29 is 9.53 Å². The van der Waals surface area contributed by atoms with Crippen molar-refractivity contribution >= 4 is 35.3 Å². The van der Waals surface area contributed by atoms with Gasteiger partial charge in [0.1, 0.15) is 10.9 Å². The van der Waals surface area contributed by atoms with E-state index in [1.807, 2.05) is 18.2 Å². The Morgan fingerprint density at radius 3 is 2.70 bits per heavy atom. The zero-order valence-electron chi connectivity index (χ0n) is 11.0. The number of carbonyl (C=O) groups is 1. The van der Waals surface area contributed by atoms with Crippen LogP contribution < -0.4 is 15.4 Å². The fraction of sp³-hybridized carbons (Fsp3) is 0.154. The van der Waals surface area contributed by atoms with Gasteiger partial charge in [-0.1, -0.05) is 23.7 Å². The number of nitrogens with two attached hydrogens (primary N) is 1. The number of hydrogen-bond acceptors (Lipinski definition) is 6. The monoisotopic (exact) mass is 292 g/mol. The molecule has 0 aliphatic rings. The fourth-order valence-electron chi connectivity index (χ4n) is 1.82. The zero-order chi connectivity index (χ0) is 14.7. The molecule has 0 radical (unpaired) electrons. The second kappa shape index (κ2) is 5.75. The van der Waals surface area contributed by atoms with E-state index in [4.69, 9.17) is 22.1 Å². The first-order valence-corrected chi connectivity index (χ1v) is 6.11. The number of para-hydroxylation sites is 2. The number of methoxy groups -OCH3 is 1. The number of nitrogens with zero attached hydrogens (tertiary/aromatic N) is 3. The van der Waals surface area contributed by atoms with Crippen molar-refractivity contribution in [2.75, 3.05) is 24.8 Å². The summed E-state index contributed by atoms with van der Waals surface area (Å²) in [6.07, 6.45) is 0.600. The maximum atomic E-state index is 11.2. The smallest absolute Gasteiger partial charge is 0.223 e. The number of ether oxygens (including phenoxy) is 1. The van der Waals surface area contributed by atoms with E-state index in [2.05, 4.69) is 9.97 Å². The molecule has 0 aliphatic carbocycles. The summed E-state index contributed by atoms with van der Waals surface area (Å²) in [6.45, 7) is 0. The molecule has 0 aliphatic heterocycles. The Bertz CT molecular complexity index is 648. The van der Waals surface area contributed by atoms with Crippen LogP contribution in [0.3, 0.4) is 0 Å². The quantitative estimate of drug-likeness (QED) is 0.688. The van der Waals surface area contributed by atoms with E-state index in [0.717, 1.165) is 5.69 Å². The van der Waals surface area contributed by atoms with Crippen LogP contribution in [-0.4, -0.2) is 30.4 Å². The minimum absolute atomic E-state index is 0.00246. The summed E-state index contributed by atoms with van der Waals surface area (Å²) in [5.41, 5.74) is 6.49. The first-order chi connectivity index (χ1) is 9.58. The van der Waals surface area contributed by atoms with E-state index in [9.17, 15) is 4.79 Å². The summed E-state index contributed by atoms with van der Waals surface area (Å²) in [6, 6.07) is 7.33. The van der Waals surface area contributed by atoms with Crippen molar-refractivity contribution in [3.8, 4) is 5.75 Å². The molecule has 1 aromatic carbocycles. The Kier molecular flexibility index (Phi) is 4.05. The first kappa shape index (κ1) is 14.1. The lowest BCUT2D eigenvalue weighted by molar-refractivity contribution is 0.112. The predicted octanol–water partition coefficient (Wildman–Crippen LogP) is 2.30. The van der Waals surface area contributed by atoms with Gasteiger partial charge in [0.2, 0.25) is 5.95 Å². The molecule has 20 heavy (non-hydrogen) atoms. The van der Waals surface area contributed by atoms with Gasteiger partial charge in [-0.05, 0) is 12.1 Å². The van der Waals surface area contributed by atoms with E-state index in [1.165, 1.54) is 0 Å². The number of carbonyl (C=O) groups excluding carboxylic acids is 1. The molecule has 2 rings (SSSR count). The van der Waals surface area contributed by atoms with Gasteiger partial charge in [-0.15, -0.1) is 0 Å². The normalized spacial score (nSPS) is 10.2. The number of hydrogen-bond donors (Lipinski definition) is 1. The van der Waals surface area contributed by atoms with Crippen LogP contribution >= 0.6 is 11.6 Å². The predicted molar refractivity (Wildman–Crippen MR) is 77.9 cm³/mol. The van der Waals surface area contributed by atoms with Gasteiger partial charge in [0.05, 0.1) is 18.4 Å². The van der Waals surface area contributed by atoms with Crippen molar-refractivity contribution in [3.05, 3.63) is 35.0 Å². The number of aromatic nitrogens is 2. The Labute approximate surface area is 121 Å². The van der Waals surface area contributed by atoms with Gasteiger partial charge >= 0.3 is 0 Å². The minimum atomic E-state index is -0.00246. The number of aldehydes is 1. The largest absolute Gasteiger partial charge is 0.495 e. The summed E-state index contributed by atoms with van der Waals surface area (Å²) >= 11 is 5.92. The van der Waals surface area contributed by atoms with Gasteiger partial charge in [0.15, 0.2) is 12.1 Å². The zero-order valence-corrected chi connectivity index (χ0v) is 11.8. The molecule has 1 aromatic heterocycles. The molecule has 1 heterocycles. The van der Waals surface area contributed by atoms with E-state index in [-0.39, 0.29) is 16.7 Å². The number of benzene rings is 1. The van der Waals surface area contributed by atoms with Gasteiger partial charge in [-0.2, -0.15) is 4.98 Å². The molecule has 0 bridgehead atoms. The topological polar surface area (TPSA) is 81.3 Å². The average molecular weight is 293 g/mol. The third kappa shape index (κ3) is 2.50. The lowest BCUT2D eigenvalue weighted by Crippen LogP contribution is -2.16. The molecule has 0 unspecified atom stereocenters. The van der Waals surface area contributed by atoms with Crippen LogP contribution in [0.15, 0.2) is 24.3 Å². The third-order valence-electron chi connectivity index (χ3n) is 2.78. The van der Waals surface area contributed by atoms with Crippen LogP contribution in [0.5, 0.6) is 5.75 Å². The molecule has 0 atom stereocenters. The van der Waals surface area contributed by atoms with E-state index < -0.39 is 0 Å². The fourth-order valence-corrected chi connectivity index (χ4v) is 2.04. The Hall–Kier alpha value is -2.34. The summed E-state index contributed by atoms with van der Waals surface area (Å²) in [5, 5.41) is 0.0178. The Balaban J connectivity index is 2.58. The van der Waals surface area contributed by atoms with Gasteiger partial charge in [-0.3, -0.25) is 4.79 Å². The molecule has 0 saturated heterocycles. The first-order valence-electron chi connectivity index (χ1n) is 5.73. The van der Waals surface area contributed by atoms with Crippen LogP contribution in [0.4, 0.5) is 17.5 Å². The SMILES string of the molecule is COc1ccccc1N(C)c1nc(N)nc(Cl)c1C=O. The number of anilines is 3. The van der Waals surface area contributed by atoms with E-state index >= 15 is 0 Å². The molecule has 0 amide bonds. The van der Waals surface area contributed by atoms with Gasteiger partial charge in [0.25, 0.3) is 0 Å². The summed E-state index contributed by atoms with van der Waals surface area (Å²) in [7, 11) is 3.30. The molecule has 2 aromatic rings. The molecule has 0 saturated carbocycles. The molecule has 104 valence electrons. The lowest BCUT2D eigenvalue weighted by Gasteiger charge is -2.22. The van der Waals surface area contributed by atoms with Gasteiger partial charge < -0.3 is 15.4 Å². The highest BCUT2D eigenvalue weighted by molar-refractivity contribution is 6.32. The minimum Gasteiger partial charge on any atom is -0.495 e. The summed E-state index contributed by atoms with van der Waals surface area (Å²) in [5.74, 6) is 0.958. The summed E-state index contributed by atoms with van der Waals surface area (Å²) in [4.78, 5) is 20.7. The van der Waals surface area contributed by atoms with E-state index in [0.29, 0.717) is 17.9 Å². The lowest BCUT2D eigenvalue weighted by atomic mass is 10.2. The van der Waals surface area contributed by atoms with Crippen LogP contribution in [-0.2, 0) is 0 Å². The number of halogens is 1. The molecular weight excluding hydrogens is 280 g/mol. The van der Waals surface area contributed by atoms with Gasteiger partial charge in [-0.25, -0.2) is 4.98 Å². The third-order valence-corrected chi connectivity index (χ3v) is 3.07. The van der Waals surface area contributed by atoms with Gasteiger partial charge in [0, 0.05) is 7.05 Å². The number of rotatable bonds is 4. The second-order valence-corrected chi connectivity index (χ2v) is 4.32. The maximum Gasteiger partial charge on any atom is 0.223 e. The van der Waals surface area contributed by atoms with Crippen molar-refractivity contribution in [3.63, 3.8) is 0 Å².